The van der Waals surface area contributed by atoms with E-state index < -0.39 is 0 Å². The number of urea groups is 1. The molecule has 1 atom stereocenters. The Morgan fingerprint density at radius 2 is 2.12 bits per heavy atom. The number of benzene rings is 1. The van der Waals surface area contributed by atoms with E-state index in [1.54, 1.807) is 0 Å². The van der Waals surface area contributed by atoms with Crippen LogP contribution in [-0.2, 0) is 0 Å². The summed E-state index contributed by atoms with van der Waals surface area (Å²) in [5.41, 5.74) is 3.77. The van der Waals surface area contributed by atoms with Crippen LogP contribution in [0.15, 0.2) is 18.2 Å². The highest BCUT2D eigenvalue weighted by molar-refractivity contribution is 5.77. The summed E-state index contributed by atoms with van der Waals surface area (Å²) in [6, 6.07) is 6.58. The zero-order valence-corrected chi connectivity index (χ0v) is 10.1. The molecule has 1 unspecified atom stereocenters. The fourth-order valence-electron chi connectivity index (χ4n) is 2.03. The maximum atomic E-state index is 11.6. The lowest BCUT2D eigenvalue weighted by molar-refractivity contribution is 0.219. The van der Waals surface area contributed by atoms with E-state index in [1.807, 2.05) is 11.8 Å². The second kappa shape index (κ2) is 4.16. The Morgan fingerprint density at radius 3 is 2.69 bits per heavy atom. The van der Waals surface area contributed by atoms with Crippen molar-refractivity contribution in [2.45, 2.75) is 26.8 Å². The molecule has 2 amide bonds. The highest BCUT2D eigenvalue weighted by Gasteiger charge is 2.28. The van der Waals surface area contributed by atoms with Gasteiger partial charge >= 0.3 is 6.03 Å². The highest BCUT2D eigenvalue weighted by atomic mass is 16.2. The van der Waals surface area contributed by atoms with Crippen LogP contribution in [0, 0.1) is 13.8 Å². The first-order valence-corrected chi connectivity index (χ1v) is 5.74. The van der Waals surface area contributed by atoms with Gasteiger partial charge in [-0.1, -0.05) is 18.2 Å². The van der Waals surface area contributed by atoms with Crippen molar-refractivity contribution in [2.75, 3.05) is 13.1 Å². The number of carbonyl (C=O) groups is 1. The molecule has 1 heterocycles. The standard InChI is InChI=1S/C13H18N2O/c1-4-15-8-12(14-13(15)16)11-6-5-9(2)10(3)7-11/h5-7,12H,4,8H2,1-3H3,(H,14,16). The third kappa shape index (κ3) is 1.90. The zero-order chi connectivity index (χ0) is 11.7. The summed E-state index contributed by atoms with van der Waals surface area (Å²) in [7, 11) is 0. The van der Waals surface area contributed by atoms with E-state index in [1.165, 1.54) is 16.7 Å². The molecule has 1 N–H and O–H groups in total. The first-order valence-electron chi connectivity index (χ1n) is 5.74. The molecule has 1 aliphatic heterocycles. The molecule has 0 radical (unpaired) electrons. The van der Waals surface area contributed by atoms with Crippen molar-refractivity contribution in [3.8, 4) is 0 Å². The highest BCUT2D eigenvalue weighted by Crippen LogP contribution is 2.22. The largest absolute Gasteiger partial charge is 0.329 e. The fraction of sp³-hybridized carbons (Fsp3) is 0.462. The van der Waals surface area contributed by atoms with Crippen LogP contribution in [0.4, 0.5) is 4.79 Å². The summed E-state index contributed by atoms with van der Waals surface area (Å²) >= 11 is 0. The van der Waals surface area contributed by atoms with Crippen LogP contribution in [0.2, 0.25) is 0 Å². The summed E-state index contributed by atoms with van der Waals surface area (Å²) in [5, 5.41) is 3.00. The number of carbonyl (C=O) groups excluding carboxylic acids is 1. The van der Waals surface area contributed by atoms with Gasteiger partial charge < -0.3 is 10.2 Å². The van der Waals surface area contributed by atoms with Crippen molar-refractivity contribution in [1.82, 2.24) is 10.2 Å². The monoisotopic (exact) mass is 218 g/mol. The summed E-state index contributed by atoms with van der Waals surface area (Å²) in [5.74, 6) is 0. The Kier molecular flexibility index (Phi) is 2.86. The SMILES string of the molecule is CCN1CC(c2ccc(C)c(C)c2)NC1=O. The van der Waals surface area contributed by atoms with Crippen molar-refractivity contribution >= 4 is 6.03 Å². The minimum absolute atomic E-state index is 0.0470. The molecular formula is C13H18N2O. The van der Waals surface area contributed by atoms with Crippen molar-refractivity contribution in [2.24, 2.45) is 0 Å². The van der Waals surface area contributed by atoms with Gasteiger partial charge in [-0.2, -0.15) is 0 Å². The van der Waals surface area contributed by atoms with Crippen LogP contribution in [0.1, 0.15) is 29.7 Å². The number of nitrogens with one attached hydrogen (secondary N) is 1. The van der Waals surface area contributed by atoms with Gasteiger partial charge in [-0.15, -0.1) is 0 Å². The number of aryl methyl sites for hydroxylation is 2. The predicted molar refractivity (Wildman–Crippen MR) is 64.4 cm³/mol. The topological polar surface area (TPSA) is 32.3 Å². The van der Waals surface area contributed by atoms with Gasteiger partial charge in [0.25, 0.3) is 0 Å². The molecule has 3 nitrogen and oxygen atoms in total. The molecule has 0 saturated carbocycles. The molecule has 0 spiro atoms. The average Bonchev–Trinajstić information content (AvgIpc) is 2.64. The van der Waals surface area contributed by atoms with Gasteiger partial charge in [-0.05, 0) is 37.5 Å². The summed E-state index contributed by atoms with van der Waals surface area (Å²) in [6.45, 7) is 7.76. The molecule has 0 aliphatic carbocycles. The van der Waals surface area contributed by atoms with Crippen molar-refractivity contribution in [3.05, 3.63) is 34.9 Å². The number of likely N-dealkylation sites (N-methyl/N-ethyl adjacent to an activating group) is 1. The minimum Gasteiger partial charge on any atom is -0.329 e. The summed E-state index contributed by atoms with van der Waals surface area (Å²) < 4.78 is 0. The lowest BCUT2D eigenvalue weighted by atomic mass is 10.0. The quantitative estimate of drug-likeness (QED) is 0.812. The Bertz CT molecular complexity index is 414. The van der Waals surface area contributed by atoms with Crippen LogP contribution < -0.4 is 5.32 Å². The Hall–Kier alpha value is -1.51. The smallest absolute Gasteiger partial charge is 0.318 e. The van der Waals surface area contributed by atoms with Gasteiger partial charge in [0.2, 0.25) is 0 Å². The van der Waals surface area contributed by atoms with Crippen molar-refractivity contribution < 1.29 is 4.79 Å². The first-order chi connectivity index (χ1) is 7.61. The molecule has 3 heteroatoms. The number of nitrogens with zero attached hydrogens (tertiary/aromatic N) is 1. The predicted octanol–water partition coefficient (Wildman–Crippen LogP) is 2.39. The molecule has 1 saturated heterocycles. The molecule has 1 aromatic carbocycles. The molecular weight excluding hydrogens is 200 g/mol. The number of amides is 2. The van der Waals surface area contributed by atoms with Gasteiger partial charge in [-0.25, -0.2) is 4.79 Å². The van der Waals surface area contributed by atoms with Crippen LogP contribution in [-0.4, -0.2) is 24.0 Å². The molecule has 0 bridgehead atoms. The lowest BCUT2D eigenvalue weighted by Crippen LogP contribution is -2.27. The number of hydrogen-bond acceptors (Lipinski definition) is 1. The second-order valence-electron chi connectivity index (χ2n) is 4.38. The van der Waals surface area contributed by atoms with E-state index in [0.29, 0.717) is 0 Å². The Balaban J connectivity index is 2.20. The van der Waals surface area contributed by atoms with Gasteiger partial charge in [0, 0.05) is 13.1 Å². The van der Waals surface area contributed by atoms with Gasteiger partial charge in [0.15, 0.2) is 0 Å². The van der Waals surface area contributed by atoms with Gasteiger partial charge in [0.05, 0.1) is 6.04 Å². The molecule has 1 aromatic rings. The summed E-state index contributed by atoms with van der Waals surface area (Å²) in [6.07, 6.45) is 0. The maximum absolute atomic E-state index is 11.6. The number of rotatable bonds is 2. The van der Waals surface area contributed by atoms with Gasteiger partial charge in [0.1, 0.15) is 0 Å². The van der Waals surface area contributed by atoms with Crippen LogP contribution in [0.25, 0.3) is 0 Å². The lowest BCUT2D eigenvalue weighted by Gasteiger charge is -2.12. The van der Waals surface area contributed by atoms with E-state index in [9.17, 15) is 4.79 Å². The first kappa shape index (κ1) is 11.0. The average molecular weight is 218 g/mol. The van der Waals surface area contributed by atoms with E-state index in [2.05, 4.69) is 37.4 Å². The Labute approximate surface area is 96.5 Å². The molecule has 16 heavy (non-hydrogen) atoms. The molecule has 1 aliphatic rings. The van der Waals surface area contributed by atoms with Crippen LogP contribution >= 0.6 is 0 Å². The van der Waals surface area contributed by atoms with Crippen molar-refractivity contribution in [3.63, 3.8) is 0 Å². The van der Waals surface area contributed by atoms with Crippen molar-refractivity contribution in [1.29, 1.82) is 0 Å². The molecule has 86 valence electrons. The Morgan fingerprint density at radius 1 is 1.38 bits per heavy atom. The molecule has 0 aromatic heterocycles. The molecule has 1 fully saturated rings. The fourth-order valence-corrected chi connectivity index (χ4v) is 2.03. The third-order valence-electron chi connectivity index (χ3n) is 3.30. The zero-order valence-electron chi connectivity index (χ0n) is 10.1. The molecule has 2 rings (SSSR count). The van der Waals surface area contributed by atoms with E-state index in [4.69, 9.17) is 0 Å². The number of hydrogen-bond donors (Lipinski definition) is 1. The minimum atomic E-state index is 0.0470. The normalized spacial score (nSPS) is 20.1. The van der Waals surface area contributed by atoms with E-state index >= 15 is 0 Å². The maximum Gasteiger partial charge on any atom is 0.318 e. The van der Waals surface area contributed by atoms with Crippen LogP contribution in [0.3, 0.4) is 0 Å². The second-order valence-corrected chi connectivity index (χ2v) is 4.38. The van der Waals surface area contributed by atoms with E-state index in [-0.39, 0.29) is 12.1 Å². The third-order valence-corrected chi connectivity index (χ3v) is 3.30. The van der Waals surface area contributed by atoms with E-state index in [0.717, 1.165) is 13.1 Å². The summed E-state index contributed by atoms with van der Waals surface area (Å²) in [4.78, 5) is 13.4. The van der Waals surface area contributed by atoms with Gasteiger partial charge in [-0.3, -0.25) is 0 Å². The van der Waals surface area contributed by atoms with Crippen LogP contribution in [0.5, 0.6) is 0 Å².